The van der Waals surface area contributed by atoms with Gasteiger partial charge in [0.05, 0.1) is 16.5 Å². The molecule has 1 unspecified atom stereocenters. The third-order valence-electron chi connectivity index (χ3n) is 5.48. The second kappa shape index (κ2) is 8.58. The Hall–Kier alpha value is -1.12. The van der Waals surface area contributed by atoms with Gasteiger partial charge in [0.2, 0.25) is 5.91 Å². The highest BCUT2D eigenvalue weighted by atomic mass is 79.9. The van der Waals surface area contributed by atoms with Crippen molar-refractivity contribution in [2.24, 2.45) is 5.92 Å². The number of rotatable bonds is 5. The lowest BCUT2D eigenvalue weighted by molar-refractivity contribution is -0.117. The monoisotopic (exact) mass is 584 g/mol. The number of carbonyl (C=O) groups is 2. The van der Waals surface area contributed by atoms with E-state index in [1.165, 1.54) is 18.2 Å². The van der Waals surface area contributed by atoms with Crippen LogP contribution in [0.4, 0.5) is 14.5 Å². The summed E-state index contributed by atoms with van der Waals surface area (Å²) in [5, 5.41) is 6.24. The molecule has 0 aromatic heterocycles. The molecule has 2 fully saturated rings. The summed E-state index contributed by atoms with van der Waals surface area (Å²) in [6.07, 6.45) is -0.821. The Labute approximate surface area is 211 Å². The Morgan fingerprint density at radius 3 is 2.25 bits per heavy atom. The van der Waals surface area contributed by atoms with E-state index in [-0.39, 0.29) is 22.4 Å². The largest absolute Gasteiger partial charge is 0.349 e. The van der Waals surface area contributed by atoms with Crippen molar-refractivity contribution in [2.45, 2.75) is 34.5 Å². The van der Waals surface area contributed by atoms with Gasteiger partial charge in [0, 0.05) is 40.5 Å². The first-order valence-electron chi connectivity index (χ1n) is 9.50. The van der Waals surface area contributed by atoms with Crippen molar-refractivity contribution in [1.29, 1.82) is 0 Å². The Morgan fingerprint density at radius 1 is 1.03 bits per heavy atom. The van der Waals surface area contributed by atoms with Gasteiger partial charge in [0.1, 0.15) is 3.78 Å². The molecule has 11 heteroatoms. The summed E-state index contributed by atoms with van der Waals surface area (Å²) in [5.74, 6) is -4.74. The molecular weight excluding hydrogens is 572 g/mol. The standard InChI is InChI=1S/C21H15BrCl4F2N2O2/c22-21(26)16(9-3-10(23)5-11(24)4-9)17(21)19(32)29-12-1-2-15(25)14(6-12)18(31)30-13-7-20(27,28)8-13/h1-6,13,16-17H,7-8H2,(H,29,32)(H,30,31)/t16?,17-,21+/m0/s1. The van der Waals surface area contributed by atoms with Crippen LogP contribution < -0.4 is 10.6 Å². The molecule has 2 aromatic carbocycles. The lowest BCUT2D eigenvalue weighted by Crippen LogP contribution is -2.50. The van der Waals surface area contributed by atoms with Crippen LogP contribution in [0, 0.1) is 5.92 Å². The molecule has 32 heavy (non-hydrogen) atoms. The molecule has 2 aliphatic carbocycles. The molecule has 0 heterocycles. The highest BCUT2D eigenvalue weighted by Gasteiger charge is 2.67. The second-order valence-electron chi connectivity index (χ2n) is 7.95. The number of benzene rings is 2. The van der Waals surface area contributed by atoms with Crippen molar-refractivity contribution in [3.63, 3.8) is 0 Å². The van der Waals surface area contributed by atoms with Crippen LogP contribution in [0.2, 0.25) is 15.1 Å². The maximum atomic E-state index is 13.0. The molecule has 0 spiro atoms. The maximum absolute atomic E-state index is 13.0. The third-order valence-corrected chi connectivity index (χ3v) is 7.71. The van der Waals surface area contributed by atoms with Crippen molar-refractivity contribution in [3.05, 3.63) is 62.6 Å². The summed E-state index contributed by atoms with van der Waals surface area (Å²) in [5.41, 5.74) is 1.10. The number of hydrogen-bond donors (Lipinski definition) is 2. The first-order chi connectivity index (χ1) is 14.9. The van der Waals surface area contributed by atoms with Gasteiger partial charge in [-0.05, 0) is 42.0 Å². The van der Waals surface area contributed by atoms with E-state index < -0.39 is 40.4 Å². The smallest absolute Gasteiger partial charge is 0.253 e. The van der Waals surface area contributed by atoms with Crippen LogP contribution in [0.5, 0.6) is 0 Å². The second-order valence-corrected chi connectivity index (χ2v) is 11.6. The highest BCUT2D eigenvalue weighted by Crippen LogP contribution is 2.66. The van der Waals surface area contributed by atoms with Crippen LogP contribution in [0.25, 0.3) is 0 Å². The van der Waals surface area contributed by atoms with Crippen LogP contribution in [-0.4, -0.2) is 27.6 Å². The number of nitrogens with one attached hydrogen (secondary N) is 2. The number of carbonyl (C=O) groups excluding carboxylic acids is 2. The number of anilines is 1. The molecule has 2 saturated carbocycles. The fraction of sp³-hybridized carbons (Fsp3) is 0.333. The van der Waals surface area contributed by atoms with Gasteiger partial charge in [-0.15, -0.1) is 11.6 Å². The first kappa shape index (κ1) is 24.0. The van der Waals surface area contributed by atoms with Crippen molar-refractivity contribution in [2.75, 3.05) is 5.32 Å². The van der Waals surface area contributed by atoms with E-state index in [4.69, 9.17) is 46.4 Å². The highest BCUT2D eigenvalue weighted by molar-refractivity contribution is 9.10. The summed E-state index contributed by atoms with van der Waals surface area (Å²) in [7, 11) is 0. The molecule has 4 nitrogen and oxygen atoms in total. The summed E-state index contributed by atoms with van der Waals surface area (Å²) in [6, 6.07) is 8.73. The lowest BCUT2D eigenvalue weighted by Gasteiger charge is -2.35. The fourth-order valence-electron chi connectivity index (χ4n) is 3.85. The molecule has 0 aliphatic heterocycles. The van der Waals surface area contributed by atoms with Gasteiger partial charge in [0.15, 0.2) is 0 Å². The predicted molar refractivity (Wildman–Crippen MR) is 126 cm³/mol. The maximum Gasteiger partial charge on any atom is 0.253 e. The molecule has 4 rings (SSSR count). The topological polar surface area (TPSA) is 58.2 Å². The van der Waals surface area contributed by atoms with E-state index >= 15 is 0 Å². The molecule has 2 aromatic rings. The van der Waals surface area contributed by atoms with Crippen molar-refractivity contribution >= 4 is 79.8 Å². The summed E-state index contributed by atoms with van der Waals surface area (Å²) in [6.45, 7) is 0. The minimum atomic E-state index is -2.75. The molecule has 2 amide bonds. The Kier molecular flexibility index (Phi) is 6.44. The quantitative estimate of drug-likeness (QED) is 0.376. The van der Waals surface area contributed by atoms with Gasteiger partial charge < -0.3 is 10.6 Å². The molecule has 2 N–H and O–H groups in total. The van der Waals surface area contributed by atoms with Gasteiger partial charge in [-0.1, -0.05) is 50.7 Å². The van der Waals surface area contributed by atoms with E-state index in [9.17, 15) is 18.4 Å². The third kappa shape index (κ3) is 4.87. The van der Waals surface area contributed by atoms with Crippen LogP contribution in [0.1, 0.15) is 34.7 Å². The SMILES string of the molecule is O=C(NC1CC(F)(F)C1)c1cc(NC(=O)[C@@H]2C(c3cc(Cl)cc(Cl)c3)[C@]2(Cl)Br)ccc1Cl. The molecule has 0 saturated heterocycles. The molecule has 3 atom stereocenters. The van der Waals surface area contributed by atoms with Gasteiger partial charge in [-0.3, -0.25) is 9.59 Å². The number of amides is 2. The molecular formula is C21H15BrCl4F2N2O2. The van der Waals surface area contributed by atoms with Crippen LogP contribution in [0.3, 0.4) is 0 Å². The van der Waals surface area contributed by atoms with E-state index in [0.717, 1.165) is 0 Å². The molecule has 0 radical (unpaired) electrons. The van der Waals surface area contributed by atoms with Gasteiger partial charge in [-0.2, -0.15) is 0 Å². The van der Waals surface area contributed by atoms with Gasteiger partial charge in [0.25, 0.3) is 11.8 Å². The Morgan fingerprint density at radius 2 is 1.66 bits per heavy atom. The zero-order chi connectivity index (χ0) is 23.4. The minimum Gasteiger partial charge on any atom is -0.349 e. The van der Waals surface area contributed by atoms with E-state index in [2.05, 4.69) is 26.6 Å². The Bertz CT molecular complexity index is 1090. The number of hydrogen-bond acceptors (Lipinski definition) is 2. The fourth-order valence-corrected chi connectivity index (χ4v) is 5.87. The predicted octanol–water partition coefficient (Wildman–Crippen LogP) is 6.86. The van der Waals surface area contributed by atoms with Crippen molar-refractivity contribution < 1.29 is 18.4 Å². The van der Waals surface area contributed by atoms with Gasteiger partial charge in [-0.25, -0.2) is 8.78 Å². The normalized spacial score (nSPS) is 26.2. The minimum absolute atomic E-state index is 0.0737. The Balaban J connectivity index is 1.46. The first-order valence-corrected chi connectivity index (χ1v) is 11.8. The zero-order valence-corrected chi connectivity index (χ0v) is 20.7. The average Bonchev–Trinajstić information content (AvgIpc) is 3.23. The van der Waals surface area contributed by atoms with Crippen molar-refractivity contribution in [1.82, 2.24) is 5.32 Å². The van der Waals surface area contributed by atoms with E-state index in [1.54, 1.807) is 18.2 Å². The average molecular weight is 587 g/mol. The summed E-state index contributed by atoms with van der Waals surface area (Å²) in [4.78, 5) is 25.4. The zero-order valence-electron chi connectivity index (χ0n) is 16.1. The molecule has 170 valence electrons. The number of alkyl halides is 4. The lowest BCUT2D eigenvalue weighted by atomic mass is 9.88. The van der Waals surface area contributed by atoms with Gasteiger partial charge >= 0.3 is 0 Å². The van der Waals surface area contributed by atoms with Crippen molar-refractivity contribution in [3.8, 4) is 0 Å². The molecule has 0 bridgehead atoms. The summed E-state index contributed by atoms with van der Waals surface area (Å²) < 4.78 is 25.0. The number of halogens is 7. The van der Waals surface area contributed by atoms with E-state index in [1.807, 2.05) is 0 Å². The van der Waals surface area contributed by atoms with Crippen LogP contribution >= 0.6 is 62.3 Å². The molecule has 2 aliphatic rings. The van der Waals surface area contributed by atoms with E-state index in [0.29, 0.717) is 21.3 Å². The summed E-state index contributed by atoms with van der Waals surface area (Å²) >= 11 is 28.1. The van der Waals surface area contributed by atoms with Crippen LogP contribution in [0.15, 0.2) is 36.4 Å². The van der Waals surface area contributed by atoms with Crippen LogP contribution in [-0.2, 0) is 4.79 Å².